The quantitative estimate of drug-likeness (QED) is 0.587. The fourth-order valence-corrected chi connectivity index (χ4v) is 1.98. The van der Waals surface area contributed by atoms with Gasteiger partial charge < -0.3 is 0 Å². The summed E-state index contributed by atoms with van der Waals surface area (Å²) in [5.41, 5.74) is 5.07. The highest BCUT2D eigenvalue weighted by Crippen LogP contribution is 2.18. The number of nitrogens with one attached hydrogen (secondary N) is 3. The van der Waals surface area contributed by atoms with Crippen molar-refractivity contribution >= 4 is 52.3 Å². The number of carbonyl (C=O) groups excluding carboxylic acids is 2. The highest BCUT2D eigenvalue weighted by molar-refractivity contribution is 7.80. The topological polar surface area (TPSA) is 70.2 Å². The third-order valence-corrected chi connectivity index (χ3v) is 2.78. The van der Waals surface area contributed by atoms with Crippen LogP contribution < -0.4 is 16.2 Å². The van der Waals surface area contributed by atoms with E-state index in [1.807, 2.05) is 6.92 Å². The molecular formula is C12H13Cl2N3O2S. The van der Waals surface area contributed by atoms with Crippen LogP contribution >= 0.6 is 35.4 Å². The van der Waals surface area contributed by atoms with E-state index in [0.717, 1.165) is 0 Å². The Morgan fingerprint density at radius 3 is 2.30 bits per heavy atom. The van der Waals surface area contributed by atoms with Crippen molar-refractivity contribution in [3.05, 3.63) is 33.8 Å². The van der Waals surface area contributed by atoms with Crippen LogP contribution in [0.1, 0.15) is 30.1 Å². The first-order chi connectivity index (χ1) is 9.42. The zero-order valence-corrected chi connectivity index (χ0v) is 13.0. The van der Waals surface area contributed by atoms with Crippen molar-refractivity contribution in [3.63, 3.8) is 0 Å². The molecule has 0 atom stereocenters. The molecule has 108 valence electrons. The van der Waals surface area contributed by atoms with E-state index in [-0.39, 0.29) is 16.6 Å². The zero-order valence-electron chi connectivity index (χ0n) is 10.6. The van der Waals surface area contributed by atoms with Gasteiger partial charge in [-0.05, 0) is 36.8 Å². The molecule has 0 unspecified atom stereocenters. The van der Waals surface area contributed by atoms with Crippen molar-refractivity contribution in [1.29, 1.82) is 0 Å². The molecule has 0 spiro atoms. The highest BCUT2D eigenvalue weighted by atomic mass is 35.5. The summed E-state index contributed by atoms with van der Waals surface area (Å²) in [5, 5.41) is 3.07. The Bertz CT molecular complexity index is 517. The lowest BCUT2D eigenvalue weighted by Gasteiger charge is -2.10. The monoisotopic (exact) mass is 333 g/mol. The summed E-state index contributed by atoms with van der Waals surface area (Å²) in [7, 11) is 0. The van der Waals surface area contributed by atoms with Crippen LogP contribution in [-0.4, -0.2) is 16.9 Å². The van der Waals surface area contributed by atoms with E-state index in [9.17, 15) is 9.59 Å². The van der Waals surface area contributed by atoms with E-state index >= 15 is 0 Å². The summed E-state index contributed by atoms with van der Waals surface area (Å²) < 4.78 is 0. The maximum absolute atomic E-state index is 11.9. The second kappa shape index (κ2) is 8.04. The van der Waals surface area contributed by atoms with Gasteiger partial charge in [-0.1, -0.05) is 30.1 Å². The Kier molecular flexibility index (Phi) is 6.70. The largest absolute Gasteiger partial charge is 0.298 e. The lowest BCUT2D eigenvalue weighted by molar-refractivity contribution is -0.121. The van der Waals surface area contributed by atoms with E-state index in [2.05, 4.69) is 16.2 Å². The van der Waals surface area contributed by atoms with E-state index < -0.39 is 5.91 Å². The van der Waals surface area contributed by atoms with Gasteiger partial charge in [0.15, 0.2) is 5.11 Å². The second-order valence-electron chi connectivity index (χ2n) is 3.86. The van der Waals surface area contributed by atoms with Crippen LogP contribution in [0, 0.1) is 0 Å². The van der Waals surface area contributed by atoms with E-state index in [4.69, 9.17) is 35.4 Å². The van der Waals surface area contributed by atoms with Crippen molar-refractivity contribution < 1.29 is 9.59 Å². The molecule has 1 aromatic carbocycles. The molecule has 3 N–H and O–H groups in total. The molecule has 0 heterocycles. The molecule has 0 aliphatic heterocycles. The molecule has 20 heavy (non-hydrogen) atoms. The Morgan fingerprint density at radius 2 is 1.75 bits per heavy atom. The first-order valence-electron chi connectivity index (χ1n) is 5.78. The third kappa shape index (κ3) is 5.73. The summed E-state index contributed by atoms with van der Waals surface area (Å²) in [6.07, 6.45) is 1.08. The Hall–Kier alpha value is -1.37. The summed E-state index contributed by atoms with van der Waals surface area (Å²) in [5.74, 6) is -0.688. The SMILES string of the molecule is CCCC(=O)NNC(=S)NC(=O)c1cc(Cl)cc(Cl)c1. The smallest absolute Gasteiger partial charge is 0.257 e. The van der Waals surface area contributed by atoms with Crippen LogP contribution in [0.3, 0.4) is 0 Å². The van der Waals surface area contributed by atoms with Crippen molar-refractivity contribution in [1.82, 2.24) is 16.2 Å². The molecule has 0 aliphatic rings. The average molecular weight is 334 g/mol. The lowest BCUT2D eigenvalue weighted by Crippen LogP contribution is -2.48. The minimum atomic E-state index is -0.475. The van der Waals surface area contributed by atoms with Crippen molar-refractivity contribution in [2.24, 2.45) is 0 Å². The first-order valence-corrected chi connectivity index (χ1v) is 6.95. The normalized spacial score (nSPS) is 9.75. The molecule has 5 nitrogen and oxygen atoms in total. The summed E-state index contributed by atoms with van der Waals surface area (Å²) in [6.45, 7) is 1.88. The van der Waals surface area contributed by atoms with Gasteiger partial charge in [-0.2, -0.15) is 0 Å². The highest BCUT2D eigenvalue weighted by Gasteiger charge is 2.10. The maximum atomic E-state index is 11.9. The number of thiocarbonyl (C=S) groups is 1. The predicted octanol–water partition coefficient (Wildman–Crippen LogP) is 2.43. The zero-order chi connectivity index (χ0) is 15.1. The van der Waals surface area contributed by atoms with Gasteiger partial charge in [0.05, 0.1) is 0 Å². The van der Waals surface area contributed by atoms with Crippen molar-refractivity contribution in [3.8, 4) is 0 Å². The standard InChI is InChI=1S/C12H13Cl2N3O2S/c1-2-3-10(18)16-17-12(20)15-11(19)7-4-8(13)6-9(14)5-7/h4-6H,2-3H2,1H3,(H,16,18)(H2,15,17,19,20). The molecule has 0 saturated heterocycles. The fraction of sp³-hybridized carbons (Fsp3) is 0.250. The van der Waals surface area contributed by atoms with E-state index in [0.29, 0.717) is 22.9 Å². The molecule has 8 heteroatoms. The summed E-state index contributed by atoms with van der Waals surface area (Å²) >= 11 is 16.5. The van der Waals surface area contributed by atoms with Crippen LogP contribution in [0.15, 0.2) is 18.2 Å². The number of hydrazine groups is 1. The van der Waals surface area contributed by atoms with Gasteiger partial charge in [-0.3, -0.25) is 25.8 Å². The van der Waals surface area contributed by atoms with Crippen LogP contribution in [0.2, 0.25) is 10.0 Å². The van der Waals surface area contributed by atoms with Crippen LogP contribution in [0.25, 0.3) is 0 Å². The number of carbonyl (C=O) groups is 2. The number of amides is 2. The van der Waals surface area contributed by atoms with Crippen LogP contribution in [0.4, 0.5) is 0 Å². The van der Waals surface area contributed by atoms with Gasteiger partial charge in [0.2, 0.25) is 5.91 Å². The maximum Gasteiger partial charge on any atom is 0.257 e. The number of benzene rings is 1. The van der Waals surface area contributed by atoms with Gasteiger partial charge in [0.25, 0.3) is 5.91 Å². The molecule has 0 bridgehead atoms. The molecule has 0 aromatic heterocycles. The molecular weight excluding hydrogens is 321 g/mol. The lowest BCUT2D eigenvalue weighted by atomic mass is 10.2. The molecule has 0 fully saturated rings. The number of halogens is 2. The van der Waals surface area contributed by atoms with Gasteiger partial charge in [0, 0.05) is 22.0 Å². The van der Waals surface area contributed by atoms with E-state index in [1.54, 1.807) is 0 Å². The molecule has 2 amide bonds. The third-order valence-electron chi connectivity index (χ3n) is 2.14. The fourth-order valence-electron chi connectivity index (χ4n) is 1.31. The van der Waals surface area contributed by atoms with Gasteiger partial charge in [0.1, 0.15) is 0 Å². The predicted molar refractivity (Wildman–Crippen MR) is 82.7 cm³/mol. The molecule has 0 saturated carbocycles. The Labute approximate surface area is 132 Å². The van der Waals surface area contributed by atoms with Crippen molar-refractivity contribution in [2.75, 3.05) is 0 Å². The van der Waals surface area contributed by atoms with Crippen LogP contribution in [0.5, 0.6) is 0 Å². The Morgan fingerprint density at radius 1 is 1.15 bits per heavy atom. The minimum absolute atomic E-state index is 0.0180. The van der Waals surface area contributed by atoms with Crippen LogP contribution in [-0.2, 0) is 4.79 Å². The number of hydrogen-bond acceptors (Lipinski definition) is 3. The summed E-state index contributed by atoms with van der Waals surface area (Å²) in [4.78, 5) is 23.1. The molecule has 0 radical (unpaired) electrons. The molecule has 1 aromatic rings. The van der Waals surface area contributed by atoms with Gasteiger partial charge in [-0.25, -0.2) is 0 Å². The first kappa shape index (κ1) is 16.7. The minimum Gasteiger partial charge on any atom is -0.298 e. The second-order valence-corrected chi connectivity index (χ2v) is 5.15. The number of hydrogen-bond donors (Lipinski definition) is 3. The average Bonchev–Trinajstić information content (AvgIpc) is 2.35. The Balaban J connectivity index is 2.53. The molecule has 1 rings (SSSR count). The van der Waals surface area contributed by atoms with E-state index in [1.165, 1.54) is 18.2 Å². The van der Waals surface area contributed by atoms with Gasteiger partial charge >= 0.3 is 0 Å². The number of rotatable bonds is 3. The van der Waals surface area contributed by atoms with Gasteiger partial charge in [-0.15, -0.1) is 0 Å². The van der Waals surface area contributed by atoms with Crippen molar-refractivity contribution in [2.45, 2.75) is 19.8 Å². The summed E-state index contributed by atoms with van der Waals surface area (Å²) in [6, 6.07) is 4.43. The molecule has 0 aliphatic carbocycles.